The first-order valence-electron chi connectivity index (χ1n) is 7.36. The molecule has 2 aromatic rings. The molecule has 0 aromatic carbocycles. The van der Waals surface area contributed by atoms with Crippen LogP contribution < -0.4 is 10.6 Å². The zero-order valence-electron chi connectivity index (χ0n) is 12.4. The minimum atomic E-state index is -0.978. The van der Waals surface area contributed by atoms with Crippen molar-refractivity contribution in [2.75, 3.05) is 18.4 Å². The van der Waals surface area contributed by atoms with E-state index in [1.807, 2.05) is 17.8 Å². The van der Waals surface area contributed by atoms with Gasteiger partial charge in [0.2, 0.25) is 0 Å². The Morgan fingerprint density at radius 1 is 1.41 bits per heavy atom. The molecule has 0 aliphatic carbocycles. The number of hydrogen-bond donors (Lipinski definition) is 3. The maximum absolute atomic E-state index is 11.3. The molecule has 3 N–H and O–H groups in total. The quantitative estimate of drug-likeness (QED) is 0.799. The third kappa shape index (κ3) is 2.94. The SMILES string of the molecule is Cc1nn(C2CCNCC2)cc1Nc1cnccc1C(=O)O. The molecular formula is C15H19N5O2. The number of anilines is 2. The maximum Gasteiger partial charge on any atom is 0.337 e. The van der Waals surface area contributed by atoms with Gasteiger partial charge in [-0.15, -0.1) is 0 Å². The second kappa shape index (κ2) is 6.15. The van der Waals surface area contributed by atoms with Crippen LogP contribution in [0.5, 0.6) is 0 Å². The van der Waals surface area contributed by atoms with E-state index in [4.69, 9.17) is 0 Å². The molecule has 3 heterocycles. The van der Waals surface area contributed by atoms with Crippen molar-refractivity contribution in [3.05, 3.63) is 35.9 Å². The van der Waals surface area contributed by atoms with E-state index in [9.17, 15) is 9.90 Å². The average Bonchev–Trinajstić information content (AvgIpc) is 2.90. The summed E-state index contributed by atoms with van der Waals surface area (Å²) >= 11 is 0. The summed E-state index contributed by atoms with van der Waals surface area (Å²) in [5, 5.41) is 20.3. The lowest BCUT2D eigenvalue weighted by molar-refractivity contribution is 0.0698. The molecule has 0 radical (unpaired) electrons. The molecule has 2 aromatic heterocycles. The highest BCUT2D eigenvalue weighted by molar-refractivity contribution is 5.94. The van der Waals surface area contributed by atoms with Crippen LogP contribution in [-0.4, -0.2) is 38.9 Å². The molecule has 0 atom stereocenters. The minimum absolute atomic E-state index is 0.198. The van der Waals surface area contributed by atoms with Crippen molar-refractivity contribution in [1.29, 1.82) is 0 Å². The maximum atomic E-state index is 11.3. The van der Waals surface area contributed by atoms with E-state index in [0.29, 0.717) is 11.7 Å². The lowest BCUT2D eigenvalue weighted by atomic mass is 10.1. The van der Waals surface area contributed by atoms with Gasteiger partial charge >= 0.3 is 5.97 Å². The van der Waals surface area contributed by atoms with E-state index in [0.717, 1.165) is 37.3 Å². The molecule has 7 nitrogen and oxygen atoms in total. The van der Waals surface area contributed by atoms with Crippen molar-refractivity contribution in [1.82, 2.24) is 20.1 Å². The van der Waals surface area contributed by atoms with E-state index < -0.39 is 5.97 Å². The Kier molecular flexibility index (Phi) is 4.06. The number of aromatic nitrogens is 3. The lowest BCUT2D eigenvalue weighted by Crippen LogP contribution is -2.29. The van der Waals surface area contributed by atoms with Crippen LogP contribution >= 0.6 is 0 Å². The summed E-state index contributed by atoms with van der Waals surface area (Å²) in [7, 11) is 0. The van der Waals surface area contributed by atoms with Crippen LogP contribution in [0, 0.1) is 6.92 Å². The predicted octanol–water partition coefficient (Wildman–Crippen LogP) is 1.95. The first-order valence-corrected chi connectivity index (χ1v) is 7.36. The van der Waals surface area contributed by atoms with E-state index in [-0.39, 0.29) is 5.56 Å². The summed E-state index contributed by atoms with van der Waals surface area (Å²) < 4.78 is 1.98. The molecule has 22 heavy (non-hydrogen) atoms. The molecule has 1 aliphatic heterocycles. The van der Waals surface area contributed by atoms with Crippen molar-refractivity contribution in [2.24, 2.45) is 0 Å². The molecule has 0 spiro atoms. The molecule has 3 rings (SSSR count). The van der Waals surface area contributed by atoms with Crippen LogP contribution in [-0.2, 0) is 0 Å². The fourth-order valence-corrected chi connectivity index (χ4v) is 2.69. The second-order valence-corrected chi connectivity index (χ2v) is 5.44. The molecule has 0 amide bonds. The Balaban J connectivity index is 1.84. The highest BCUT2D eigenvalue weighted by atomic mass is 16.4. The number of carboxylic acids is 1. The number of rotatable bonds is 4. The van der Waals surface area contributed by atoms with Crippen LogP contribution in [0.4, 0.5) is 11.4 Å². The summed E-state index contributed by atoms with van der Waals surface area (Å²) in [6.45, 7) is 3.91. The number of pyridine rings is 1. The van der Waals surface area contributed by atoms with Crippen molar-refractivity contribution in [3.8, 4) is 0 Å². The normalized spacial score (nSPS) is 15.7. The first kappa shape index (κ1) is 14.5. The minimum Gasteiger partial charge on any atom is -0.478 e. The van der Waals surface area contributed by atoms with Gasteiger partial charge in [0.15, 0.2) is 0 Å². The van der Waals surface area contributed by atoms with Crippen molar-refractivity contribution < 1.29 is 9.90 Å². The Morgan fingerprint density at radius 3 is 2.91 bits per heavy atom. The van der Waals surface area contributed by atoms with Gasteiger partial charge in [-0.3, -0.25) is 9.67 Å². The zero-order valence-corrected chi connectivity index (χ0v) is 12.4. The molecule has 0 saturated carbocycles. The smallest absolute Gasteiger partial charge is 0.337 e. The third-order valence-corrected chi connectivity index (χ3v) is 3.92. The molecular weight excluding hydrogens is 282 g/mol. The summed E-state index contributed by atoms with van der Waals surface area (Å²) in [6, 6.07) is 1.88. The molecule has 1 saturated heterocycles. The fraction of sp³-hybridized carbons (Fsp3) is 0.400. The number of nitrogens with one attached hydrogen (secondary N) is 2. The number of aromatic carboxylic acids is 1. The number of hydrogen-bond acceptors (Lipinski definition) is 5. The van der Waals surface area contributed by atoms with E-state index >= 15 is 0 Å². The number of nitrogens with zero attached hydrogens (tertiary/aromatic N) is 3. The molecule has 116 valence electrons. The van der Waals surface area contributed by atoms with Crippen LogP contribution in [0.2, 0.25) is 0 Å². The number of carboxylic acid groups (broad SMARTS) is 1. The van der Waals surface area contributed by atoms with Crippen LogP contribution in [0.1, 0.15) is 34.9 Å². The molecule has 1 aliphatic rings. The van der Waals surface area contributed by atoms with Gasteiger partial charge in [-0.1, -0.05) is 0 Å². The van der Waals surface area contributed by atoms with Crippen LogP contribution in [0.3, 0.4) is 0 Å². The van der Waals surface area contributed by atoms with E-state index in [1.54, 1.807) is 0 Å². The highest BCUT2D eigenvalue weighted by Gasteiger charge is 2.18. The van der Waals surface area contributed by atoms with Crippen LogP contribution in [0.25, 0.3) is 0 Å². The van der Waals surface area contributed by atoms with Crippen molar-refractivity contribution in [2.45, 2.75) is 25.8 Å². The van der Waals surface area contributed by atoms with E-state index in [2.05, 4.69) is 20.7 Å². The fourth-order valence-electron chi connectivity index (χ4n) is 2.69. The van der Waals surface area contributed by atoms with Crippen molar-refractivity contribution in [3.63, 3.8) is 0 Å². The van der Waals surface area contributed by atoms with Gasteiger partial charge in [0, 0.05) is 12.4 Å². The lowest BCUT2D eigenvalue weighted by Gasteiger charge is -2.22. The first-order chi connectivity index (χ1) is 10.6. The number of carbonyl (C=O) groups is 1. The Hall–Kier alpha value is -2.41. The highest BCUT2D eigenvalue weighted by Crippen LogP contribution is 2.25. The Bertz CT molecular complexity index is 676. The summed E-state index contributed by atoms with van der Waals surface area (Å²) in [6.07, 6.45) is 7.04. The average molecular weight is 301 g/mol. The Labute approximate surface area is 128 Å². The standard InChI is InChI=1S/C15H19N5O2/c1-10-14(9-20(19-10)11-2-5-16-6-3-11)18-13-8-17-7-4-12(13)15(21)22/h4,7-9,11,16,18H,2-3,5-6H2,1H3,(H,21,22). The van der Waals surface area contributed by atoms with Crippen LogP contribution in [0.15, 0.2) is 24.7 Å². The van der Waals surface area contributed by atoms with Gasteiger partial charge in [-0.2, -0.15) is 5.10 Å². The molecule has 0 unspecified atom stereocenters. The summed E-state index contributed by atoms with van der Waals surface area (Å²) in [5.41, 5.74) is 2.33. The van der Waals surface area contributed by atoms with E-state index in [1.165, 1.54) is 18.5 Å². The number of piperidine rings is 1. The third-order valence-electron chi connectivity index (χ3n) is 3.92. The van der Waals surface area contributed by atoms with Gasteiger partial charge in [-0.25, -0.2) is 4.79 Å². The second-order valence-electron chi connectivity index (χ2n) is 5.44. The number of aryl methyl sites for hydroxylation is 1. The molecule has 0 bridgehead atoms. The Morgan fingerprint density at radius 2 is 2.18 bits per heavy atom. The summed E-state index contributed by atoms with van der Waals surface area (Å²) in [5.74, 6) is -0.978. The summed E-state index contributed by atoms with van der Waals surface area (Å²) in [4.78, 5) is 15.2. The topological polar surface area (TPSA) is 92.1 Å². The van der Waals surface area contributed by atoms with Gasteiger partial charge in [-0.05, 0) is 38.9 Å². The molecule has 1 fully saturated rings. The van der Waals surface area contributed by atoms with Gasteiger partial charge < -0.3 is 15.7 Å². The van der Waals surface area contributed by atoms with Gasteiger partial charge in [0.05, 0.1) is 34.9 Å². The predicted molar refractivity (Wildman–Crippen MR) is 82.6 cm³/mol. The van der Waals surface area contributed by atoms with Crippen molar-refractivity contribution >= 4 is 17.3 Å². The largest absolute Gasteiger partial charge is 0.478 e. The van der Waals surface area contributed by atoms with Gasteiger partial charge in [0.1, 0.15) is 0 Å². The van der Waals surface area contributed by atoms with Gasteiger partial charge in [0.25, 0.3) is 0 Å². The zero-order chi connectivity index (χ0) is 15.5. The monoisotopic (exact) mass is 301 g/mol. The molecule has 7 heteroatoms.